The van der Waals surface area contributed by atoms with Gasteiger partial charge < -0.3 is 19.6 Å². The Balaban J connectivity index is 3.37. The molecular formula is C23H49O6PS. The minimum Gasteiger partial charge on any atom is -0.394 e. The summed E-state index contributed by atoms with van der Waals surface area (Å²) in [4.78, 5) is 17.6. The highest BCUT2D eigenvalue weighted by atomic mass is 32.2. The summed E-state index contributed by atoms with van der Waals surface area (Å²) in [6, 6.07) is 0. The van der Waals surface area contributed by atoms with Crippen LogP contribution in [0.15, 0.2) is 0 Å². The van der Waals surface area contributed by atoms with Crippen LogP contribution in [0.1, 0.15) is 110 Å². The SMILES string of the molecule is CCCCCCCCCCCCCCCCCCSCC(COP(=O)(O)O)OCCO. The van der Waals surface area contributed by atoms with Crippen LogP contribution in [0.5, 0.6) is 0 Å². The van der Waals surface area contributed by atoms with Crippen LogP contribution in [-0.4, -0.2) is 52.3 Å². The zero-order valence-electron chi connectivity index (χ0n) is 19.8. The Morgan fingerprint density at radius 2 is 1.23 bits per heavy atom. The van der Waals surface area contributed by atoms with Crippen molar-refractivity contribution in [2.24, 2.45) is 0 Å². The first kappa shape index (κ1) is 31.4. The number of phosphoric ester groups is 1. The molecule has 0 saturated heterocycles. The van der Waals surface area contributed by atoms with Gasteiger partial charge in [0.05, 0.1) is 25.9 Å². The first-order valence-corrected chi connectivity index (χ1v) is 15.2. The van der Waals surface area contributed by atoms with Crippen molar-refractivity contribution in [1.29, 1.82) is 0 Å². The second-order valence-corrected chi connectivity index (χ2v) is 10.8. The Morgan fingerprint density at radius 3 is 1.65 bits per heavy atom. The first-order valence-electron chi connectivity index (χ1n) is 12.5. The maximum atomic E-state index is 10.8. The van der Waals surface area contributed by atoms with Crippen LogP contribution >= 0.6 is 19.6 Å². The highest BCUT2D eigenvalue weighted by molar-refractivity contribution is 7.99. The summed E-state index contributed by atoms with van der Waals surface area (Å²) in [5, 5.41) is 8.84. The van der Waals surface area contributed by atoms with Gasteiger partial charge in [-0.05, 0) is 12.2 Å². The van der Waals surface area contributed by atoms with E-state index in [0.717, 1.165) is 12.2 Å². The van der Waals surface area contributed by atoms with Gasteiger partial charge in [0.25, 0.3) is 0 Å². The van der Waals surface area contributed by atoms with Crippen LogP contribution in [0.4, 0.5) is 0 Å². The molecule has 0 aliphatic carbocycles. The van der Waals surface area contributed by atoms with E-state index in [2.05, 4.69) is 11.4 Å². The lowest BCUT2D eigenvalue weighted by Crippen LogP contribution is -2.24. The van der Waals surface area contributed by atoms with E-state index < -0.39 is 13.9 Å². The minimum atomic E-state index is -4.48. The molecule has 1 atom stereocenters. The lowest BCUT2D eigenvalue weighted by molar-refractivity contribution is 0.00926. The Hall–Kier alpha value is 0.380. The van der Waals surface area contributed by atoms with Crippen molar-refractivity contribution in [3.8, 4) is 0 Å². The molecule has 3 N–H and O–H groups in total. The normalized spacial score (nSPS) is 13.0. The van der Waals surface area contributed by atoms with Gasteiger partial charge in [-0.25, -0.2) is 4.57 Å². The van der Waals surface area contributed by atoms with Crippen molar-refractivity contribution in [3.05, 3.63) is 0 Å². The molecule has 8 heteroatoms. The quantitative estimate of drug-likeness (QED) is 0.101. The number of rotatable bonds is 25. The van der Waals surface area contributed by atoms with E-state index in [9.17, 15) is 4.57 Å². The van der Waals surface area contributed by atoms with E-state index in [1.165, 1.54) is 96.3 Å². The topological polar surface area (TPSA) is 96.2 Å². The predicted octanol–water partition coefficient (Wildman–Crippen LogP) is 6.47. The molecule has 0 heterocycles. The lowest BCUT2D eigenvalue weighted by atomic mass is 10.0. The Kier molecular flexibility index (Phi) is 23.8. The number of unbranched alkanes of at least 4 members (excludes halogenated alkanes) is 15. The first-order chi connectivity index (χ1) is 15.0. The third-order valence-corrected chi connectivity index (χ3v) is 6.99. The van der Waals surface area contributed by atoms with Gasteiger partial charge in [0.1, 0.15) is 0 Å². The standard InChI is InChI=1S/C23H49O6PS/c1-2-3-4-5-6-7-8-9-10-11-12-13-14-15-16-17-20-31-22-23(28-19-18-24)21-29-30(25,26)27/h23-24H,2-22H2,1H3,(H2,25,26,27). The lowest BCUT2D eigenvalue weighted by Gasteiger charge is -2.17. The van der Waals surface area contributed by atoms with E-state index in [1.54, 1.807) is 11.8 Å². The number of hydrogen-bond donors (Lipinski definition) is 3. The average molecular weight is 485 g/mol. The smallest absolute Gasteiger partial charge is 0.394 e. The predicted molar refractivity (Wildman–Crippen MR) is 132 cm³/mol. The summed E-state index contributed by atoms with van der Waals surface area (Å²) in [5.74, 6) is 1.62. The molecular weight excluding hydrogens is 435 g/mol. The molecule has 0 aliphatic heterocycles. The molecule has 188 valence electrons. The van der Waals surface area contributed by atoms with Crippen LogP contribution in [0.25, 0.3) is 0 Å². The number of hydrogen-bond acceptors (Lipinski definition) is 5. The molecule has 0 aromatic carbocycles. The van der Waals surface area contributed by atoms with E-state index in [1.807, 2.05) is 0 Å². The molecule has 6 nitrogen and oxygen atoms in total. The molecule has 0 saturated carbocycles. The summed E-state index contributed by atoms with van der Waals surface area (Å²) in [7, 11) is -4.48. The van der Waals surface area contributed by atoms with Crippen LogP contribution in [0, 0.1) is 0 Å². The summed E-state index contributed by atoms with van der Waals surface area (Å²) >= 11 is 1.71. The minimum absolute atomic E-state index is 0.115. The number of phosphoric acid groups is 1. The number of thioether (sulfide) groups is 1. The number of aliphatic hydroxyl groups is 1. The van der Waals surface area contributed by atoms with Crippen LogP contribution in [0.2, 0.25) is 0 Å². The molecule has 0 aromatic rings. The maximum absolute atomic E-state index is 10.8. The zero-order valence-corrected chi connectivity index (χ0v) is 21.6. The number of aliphatic hydroxyl groups excluding tert-OH is 1. The van der Waals surface area contributed by atoms with Crippen molar-refractivity contribution in [3.63, 3.8) is 0 Å². The molecule has 0 fully saturated rings. The van der Waals surface area contributed by atoms with Crippen molar-refractivity contribution in [2.45, 2.75) is 116 Å². The van der Waals surface area contributed by atoms with Crippen LogP contribution < -0.4 is 0 Å². The number of ether oxygens (including phenoxy) is 1. The molecule has 0 radical (unpaired) electrons. The van der Waals surface area contributed by atoms with Crippen molar-refractivity contribution >= 4 is 19.6 Å². The summed E-state index contributed by atoms with van der Waals surface area (Å²) in [6.07, 6.45) is 21.3. The Bertz CT molecular complexity index is 408. The van der Waals surface area contributed by atoms with Gasteiger partial charge in [-0.3, -0.25) is 4.52 Å². The highest BCUT2D eigenvalue weighted by Crippen LogP contribution is 2.36. The monoisotopic (exact) mass is 484 g/mol. The molecule has 0 aromatic heterocycles. The van der Waals surface area contributed by atoms with Gasteiger partial charge in [-0.1, -0.05) is 103 Å². The van der Waals surface area contributed by atoms with E-state index in [4.69, 9.17) is 19.6 Å². The molecule has 0 bridgehead atoms. The maximum Gasteiger partial charge on any atom is 0.469 e. The second kappa shape index (κ2) is 23.5. The highest BCUT2D eigenvalue weighted by Gasteiger charge is 2.18. The van der Waals surface area contributed by atoms with Gasteiger partial charge in [0.2, 0.25) is 0 Å². The zero-order chi connectivity index (χ0) is 23.0. The van der Waals surface area contributed by atoms with Crippen molar-refractivity contribution < 1.29 is 28.7 Å². The third kappa shape index (κ3) is 26.5. The molecule has 0 aliphatic rings. The average Bonchev–Trinajstić information content (AvgIpc) is 2.73. The fourth-order valence-corrected chi connectivity index (χ4v) is 4.90. The molecule has 31 heavy (non-hydrogen) atoms. The van der Waals surface area contributed by atoms with E-state index in [-0.39, 0.29) is 19.8 Å². The summed E-state index contributed by atoms with van der Waals surface area (Å²) in [5.41, 5.74) is 0. The van der Waals surface area contributed by atoms with Gasteiger partial charge in [-0.15, -0.1) is 0 Å². The van der Waals surface area contributed by atoms with E-state index in [0.29, 0.717) is 5.75 Å². The molecule has 0 rings (SSSR count). The van der Waals surface area contributed by atoms with E-state index >= 15 is 0 Å². The van der Waals surface area contributed by atoms with Gasteiger partial charge in [-0.2, -0.15) is 11.8 Å². The summed E-state index contributed by atoms with van der Waals surface area (Å²) in [6.45, 7) is 2.15. The van der Waals surface area contributed by atoms with Crippen LogP contribution in [-0.2, 0) is 13.8 Å². The van der Waals surface area contributed by atoms with Gasteiger partial charge in [0.15, 0.2) is 0 Å². The van der Waals surface area contributed by atoms with Gasteiger partial charge >= 0.3 is 7.82 Å². The largest absolute Gasteiger partial charge is 0.469 e. The van der Waals surface area contributed by atoms with Crippen molar-refractivity contribution in [1.82, 2.24) is 0 Å². The fourth-order valence-electron chi connectivity index (χ4n) is 3.51. The fraction of sp³-hybridized carbons (Fsp3) is 1.00. The van der Waals surface area contributed by atoms with Crippen molar-refractivity contribution in [2.75, 3.05) is 31.3 Å². The van der Waals surface area contributed by atoms with Gasteiger partial charge in [0, 0.05) is 5.75 Å². The molecule has 1 unspecified atom stereocenters. The molecule has 0 amide bonds. The molecule has 0 spiro atoms. The Labute approximate surface area is 195 Å². The third-order valence-electron chi connectivity index (χ3n) is 5.32. The summed E-state index contributed by atoms with van der Waals surface area (Å²) < 4.78 is 20.7. The van der Waals surface area contributed by atoms with Crippen LogP contribution in [0.3, 0.4) is 0 Å². The Morgan fingerprint density at radius 1 is 0.774 bits per heavy atom. The second-order valence-electron chi connectivity index (χ2n) is 8.38.